The standard InChI is InChI=1S/C11H14ClN3O/c12-10-7-14-5-3-9(10)11(16)15-8-2-1-4-13-6-8/h3,5,7-8,13H,1-2,4,6H2,(H,15,16)/t8-/m1/s1. The van der Waals surface area contributed by atoms with Crippen molar-refractivity contribution < 1.29 is 4.79 Å². The van der Waals surface area contributed by atoms with E-state index >= 15 is 0 Å². The monoisotopic (exact) mass is 239 g/mol. The zero-order chi connectivity index (χ0) is 11.4. The molecule has 5 heteroatoms. The highest BCUT2D eigenvalue weighted by atomic mass is 35.5. The lowest BCUT2D eigenvalue weighted by atomic mass is 10.1. The highest BCUT2D eigenvalue weighted by molar-refractivity contribution is 6.33. The van der Waals surface area contributed by atoms with Crippen molar-refractivity contribution in [1.29, 1.82) is 0 Å². The first-order chi connectivity index (χ1) is 7.77. The summed E-state index contributed by atoms with van der Waals surface area (Å²) in [5, 5.41) is 6.60. The van der Waals surface area contributed by atoms with Gasteiger partial charge in [-0.15, -0.1) is 0 Å². The Kier molecular flexibility index (Phi) is 3.74. The van der Waals surface area contributed by atoms with Gasteiger partial charge < -0.3 is 10.6 Å². The molecule has 1 atom stereocenters. The molecule has 0 unspecified atom stereocenters. The van der Waals surface area contributed by atoms with Gasteiger partial charge in [-0.2, -0.15) is 0 Å². The van der Waals surface area contributed by atoms with Crippen LogP contribution in [-0.2, 0) is 0 Å². The Morgan fingerprint density at radius 3 is 3.19 bits per heavy atom. The summed E-state index contributed by atoms with van der Waals surface area (Å²) in [6.45, 7) is 1.86. The van der Waals surface area contributed by atoms with E-state index in [0.29, 0.717) is 10.6 Å². The van der Waals surface area contributed by atoms with Gasteiger partial charge in [-0.25, -0.2) is 0 Å². The Labute approximate surface area is 99.4 Å². The number of carbonyl (C=O) groups excluding carboxylic acids is 1. The van der Waals surface area contributed by atoms with Gasteiger partial charge in [0, 0.05) is 25.0 Å². The van der Waals surface area contributed by atoms with Gasteiger partial charge in [0.25, 0.3) is 5.91 Å². The molecule has 0 saturated carbocycles. The molecule has 86 valence electrons. The third kappa shape index (κ3) is 2.71. The highest BCUT2D eigenvalue weighted by Crippen LogP contribution is 2.13. The zero-order valence-corrected chi connectivity index (χ0v) is 9.63. The molecule has 4 nitrogen and oxygen atoms in total. The summed E-state index contributed by atoms with van der Waals surface area (Å²) in [5.41, 5.74) is 0.488. The Bertz CT molecular complexity index is 377. The largest absolute Gasteiger partial charge is 0.348 e. The Morgan fingerprint density at radius 2 is 2.50 bits per heavy atom. The van der Waals surface area contributed by atoms with E-state index in [2.05, 4.69) is 15.6 Å². The molecule has 1 amide bonds. The third-order valence-corrected chi connectivity index (χ3v) is 2.95. The van der Waals surface area contributed by atoms with Gasteiger partial charge in [0.15, 0.2) is 0 Å². The van der Waals surface area contributed by atoms with Crippen LogP contribution < -0.4 is 10.6 Å². The average Bonchev–Trinajstić information content (AvgIpc) is 2.31. The van der Waals surface area contributed by atoms with E-state index in [9.17, 15) is 4.79 Å². The van der Waals surface area contributed by atoms with Crippen molar-refractivity contribution in [3.63, 3.8) is 0 Å². The van der Waals surface area contributed by atoms with E-state index in [1.165, 1.54) is 6.20 Å². The molecule has 2 N–H and O–H groups in total. The second-order valence-corrected chi connectivity index (χ2v) is 4.28. The molecule has 1 fully saturated rings. The fraction of sp³-hybridized carbons (Fsp3) is 0.455. The van der Waals surface area contributed by atoms with Crippen molar-refractivity contribution in [2.45, 2.75) is 18.9 Å². The highest BCUT2D eigenvalue weighted by Gasteiger charge is 2.17. The molecule has 2 heterocycles. The number of rotatable bonds is 2. The van der Waals surface area contributed by atoms with Crippen LogP contribution in [0.25, 0.3) is 0 Å². The first-order valence-electron chi connectivity index (χ1n) is 5.38. The van der Waals surface area contributed by atoms with E-state index in [-0.39, 0.29) is 11.9 Å². The van der Waals surface area contributed by atoms with Crippen molar-refractivity contribution in [3.05, 3.63) is 29.0 Å². The number of piperidine rings is 1. The number of carbonyl (C=O) groups is 1. The van der Waals surface area contributed by atoms with Crippen molar-refractivity contribution >= 4 is 17.5 Å². The minimum Gasteiger partial charge on any atom is -0.348 e. The number of hydrogen-bond acceptors (Lipinski definition) is 3. The Hall–Kier alpha value is -1.13. The van der Waals surface area contributed by atoms with E-state index in [4.69, 9.17) is 11.6 Å². The molecular formula is C11H14ClN3O. The summed E-state index contributed by atoms with van der Waals surface area (Å²) in [6, 6.07) is 1.83. The van der Waals surface area contributed by atoms with Crippen LogP contribution in [0.5, 0.6) is 0 Å². The summed E-state index contributed by atoms with van der Waals surface area (Å²) < 4.78 is 0. The van der Waals surface area contributed by atoms with Gasteiger partial charge in [0.2, 0.25) is 0 Å². The van der Waals surface area contributed by atoms with Crippen molar-refractivity contribution in [1.82, 2.24) is 15.6 Å². The Balaban J connectivity index is 2.00. The van der Waals surface area contributed by atoms with Crippen molar-refractivity contribution in [2.24, 2.45) is 0 Å². The summed E-state index contributed by atoms with van der Waals surface area (Å²) in [7, 11) is 0. The summed E-state index contributed by atoms with van der Waals surface area (Å²) in [5.74, 6) is -0.124. The molecule has 1 aliphatic rings. The molecule has 1 aliphatic heterocycles. The fourth-order valence-corrected chi connectivity index (χ4v) is 2.00. The molecule has 1 saturated heterocycles. The maximum atomic E-state index is 11.9. The van der Waals surface area contributed by atoms with E-state index in [1.54, 1.807) is 12.3 Å². The molecule has 1 aromatic rings. The predicted octanol–water partition coefficient (Wildman–Crippen LogP) is 1.22. The SMILES string of the molecule is O=C(N[C@@H]1CCCNC1)c1ccncc1Cl. The normalized spacial score (nSPS) is 20.4. The van der Waals surface area contributed by atoms with Gasteiger partial charge in [0.05, 0.1) is 10.6 Å². The molecule has 0 radical (unpaired) electrons. The minimum atomic E-state index is -0.124. The number of halogens is 1. The number of amides is 1. The minimum absolute atomic E-state index is 0.124. The molecule has 1 aromatic heterocycles. The van der Waals surface area contributed by atoms with Gasteiger partial charge in [0.1, 0.15) is 0 Å². The average molecular weight is 240 g/mol. The predicted molar refractivity (Wildman–Crippen MR) is 62.6 cm³/mol. The topological polar surface area (TPSA) is 54.0 Å². The van der Waals surface area contributed by atoms with Crippen LogP contribution in [0.15, 0.2) is 18.5 Å². The number of nitrogens with zero attached hydrogens (tertiary/aromatic N) is 1. The quantitative estimate of drug-likeness (QED) is 0.816. The van der Waals surface area contributed by atoms with Crippen LogP contribution in [0.1, 0.15) is 23.2 Å². The van der Waals surface area contributed by atoms with Crippen molar-refractivity contribution in [2.75, 3.05) is 13.1 Å². The lowest BCUT2D eigenvalue weighted by Crippen LogP contribution is -2.45. The second kappa shape index (κ2) is 5.27. The summed E-state index contributed by atoms with van der Waals surface area (Å²) >= 11 is 5.90. The first-order valence-corrected chi connectivity index (χ1v) is 5.76. The molecule has 0 bridgehead atoms. The number of nitrogens with one attached hydrogen (secondary N) is 2. The fourth-order valence-electron chi connectivity index (χ4n) is 1.80. The molecule has 16 heavy (non-hydrogen) atoms. The van der Waals surface area contributed by atoms with Crippen LogP contribution >= 0.6 is 11.6 Å². The third-order valence-electron chi connectivity index (χ3n) is 2.65. The van der Waals surface area contributed by atoms with Gasteiger partial charge in [-0.1, -0.05) is 11.6 Å². The van der Waals surface area contributed by atoms with E-state index in [1.807, 2.05) is 0 Å². The first kappa shape index (κ1) is 11.4. The Morgan fingerprint density at radius 1 is 1.62 bits per heavy atom. The number of pyridine rings is 1. The van der Waals surface area contributed by atoms with Gasteiger partial charge in [-0.3, -0.25) is 9.78 Å². The van der Waals surface area contributed by atoms with Gasteiger partial charge in [-0.05, 0) is 25.5 Å². The van der Waals surface area contributed by atoms with Gasteiger partial charge >= 0.3 is 0 Å². The van der Waals surface area contributed by atoms with E-state index < -0.39 is 0 Å². The number of aromatic nitrogens is 1. The molecule has 0 aromatic carbocycles. The second-order valence-electron chi connectivity index (χ2n) is 3.87. The van der Waals surface area contributed by atoms with Crippen molar-refractivity contribution in [3.8, 4) is 0 Å². The lowest BCUT2D eigenvalue weighted by Gasteiger charge is -2.23. The number of hydrogen-bond donors (Lipinski definition) is 2. The maximum absolute atomic E-state index is 11.9. The zero-order valence-electron chi connectivity index (χ0n) is 8.87. The van der Waals surface area contributed by atoms with Crippen LogP contribution in [0.2, 0.25) is 5.02 Å². The molecule has 0 aliphatic carbocycles. The molecule has 0 spiro atoms. The van der Waals surface area contributed by atoms with Crippen LogP contribution in [0.4, 0.5) is 0 Å². The summed E-state index contributed by atoms with van der Waals surface area (Å²) in [4.78, 5) is 15.7. The van der Waals surface area contributed by atoms with Crippen LogP contribution in [-0.4, -0.2) is 30.0 Å². The maximum Gasteiger partial charge on any atom is 0.253 e. The smallest absolute Gasteiger partial charge is 0.253 e. The van der Waals surface area contributed by atoms with Crippen LogP contribution in [0, 0.1) is 0 Å². The lowest BCUT2D eigenvalue weighted by molar-refractivity contribution is 0.0930. The molecule has 2 rings (SSSR count). The van der Waals surface area contributed by atoms with E-state index in [0.717, 1.165) is 25.9 Å². The summed E-state index contributed by atoms with van der Waals surface area (Å²) in [6.07, 6.45) is 5.16. The molecular weight excluding hydrogens is 226 g/mol. The van der Waals surface area contributed by atoms with Crippen LogP contribution in [0.3, 0.4) is 0 Å².